The number of aliphatic hydroxyl groups excluding tert-OH is 2. The van der Waals surface area contributed by atoms with Gasteiger partial charge in [-0.05, 0) is 12.8 Å². The fourth-order valence-electron chi connectivity index (χ4n) is 1.90. The maximum Gasteiger partial charge on any atom is 0.188 e. The third kappa shape index (κ3) is 2.44. The van der Waals surface area contributed by atoms with Gasteiger partial charge < -0.3 is 14.9 Å². The molecule has 1 aliphatic rings. The van der Waals surface area contributed by atoms with Gasteiger partial charge in [0.2, 0.25) is 0 Å². The topological polar surface area (TPSA) is 104 Å². The molecule has 1 aromatic heterocycles. The second-order valence-electron chi connectivity index (χ2n) is 3.96. The summed E-state index contributed by atoms with van der Waals surface area (Å²) in [6, 6.07) is 1.97. The van der Waals surface area contributed by atoms with Gasteiger partial charge in [0.25, 0.3) is 0 Å². The standard InChI is InChI=1S/C10H14N4O3/c11-4-8-10(9-2-1-3-17-9)14(13-12-8)5-7(16)6-15/h7,9,15-16H,1-3,5-6H2. The average Bonchev–Trinajstić information content (AvgIpc) is 2.96. The molecule has 1 aromatic rings. The van der Waals surface area contributed by atoms with Crippen molar-refractivity contribution in [3.05, 3.63) is 11.4 Å². The van der Waals surface area contributed by atoms with Crippen LogP contribution in [0, 0.1) is 11.3 Å². The first-order valence-electron chi connectivity index (χ1n) is 5.50. The smallest absolute Gasteiger partial charge is 0.188 e. The van der Waals surface area contributed by atoms with Crippen molar-refractivity contribution in [1.29, 1.82) is 5.26 Å². The summed E-state index contributed by atoms with van der Waals surface area (Å²) in [6.07, 6.45) is 0.648. The monoisotopic (exact) mass is 238 g/mol. The molecule has 1 aliphatic heterocycles. The van der Waals surface area contributed by atoms with Crippen LogP contribution in [0.1, 0.15) is 30.3 Å². The molecule has 1 fully saturated rings. The van der Waals surface area contributed by atoms with Crippen LogP contribution in [-0.4, -0.2) is 44.5 Å². The molecule has 0 spiro atoms. The predicted molar refractivity (Wildman–Crippen MR) is 55.8 cm³/mol. The number of aromatic nitrogens is 3. The molecule has 2 N–H and O–H groups in total. The van der Waals surface area contributed by atoms with E-state index in [9.17, 15) is 5.11 Å². The normalized spacial score (nSPS) is 21.4. The van der Waals surface area contributed by atoms with E-state index in [1.54, 1.807) is 0 Å². The van der Waals surface area contributed by atoms with Gasteiger partial charge in [-0.3, -0.25) is 0 Å². The summed E-state index contributed by atoms with van der Waals surface area (Å²) in [7, 11) is 0. The minimum atomic E-state index is -0.914. The van der Waals surface area contributed by atoms with Gasteiger partial charge in [-0.2, -0.15) is 5.26 Å². The lowest BCUT2D eigenvalue weighted by atomic mass is 10.1. The van der Waals surface area contributed by atoms with Gasteiger partial charge >= 0.3 is 0 Å². The molecule has 92 valence electrons. The van der Waals surface area contributed by atoms with E-state index < -0.39 is 6.10 Å². The molecule has 1 saturated heterocycles. The van der Waals surface area contributed by atoms with E-state index in [0.29, 0.717) is 12.3 Å². The second kappa shape index (κ2) is 5.23. The van der Waals surface area contributed by atoms with Crippen molar-refractivity contribution >= 4 is 0 Å². The van der Waals surface area contributed by atoms with Crippen LogP contribution >= 0.6 is 0 Å². The van der Waals surface area contributed by atoms with Crippen LogP contribution in [0.2, 0.25) is 0 Å². The Morgan fingerprint density at radius 2 is 2.47 bits per heavy atom. The van der Waals surface area contributed by atoms with Crippen molar-refractivity contribution in [3.8, 4) is 6.07 Å². The van der Waals surface area contributed by atoms with E-state index in [1.807, 2.05) is 6.07 Å². The van der Waals surface area contributed by atoms with Crippen LogP contribution in [-0.2, 0) is 11.3 Å². The molecular weight excluding hydrogens is 224 g/mol. The Hall–Kier alpha value is -1.49. The largest absolute Gasteiger partial charge is 0.394 e. The van der Waals surface area contributed by atoms with Crippen molar-refractivity contribution in [2.75, 3.05) is 13.2 Å². The van der Waals surface area contributed by atoms with Crippen molar-refractivity contribution in [2.45, 2.75) is 31.6 Å². The van der Waals surface area contributed by atoms with Gasteiger partial charge in [-0.15, -0.1) is 5.10 Å². The number of hydrogen-bond donors (Lipinski definition) is 2. The highest BCUT2D eigenvalue weighted by Crippen LogP contribution is 2.29. The first-order valence-corrected chi connectivity index (χ1v) is 5.50. The minimum Gasteiger partial charge on any atom is -0.394 e. The number of ether oxygens (including phenoxy) is 1. The van der Waals surface area contributed by atoms with Crippen molar-refractivity contribution in [3.63, 3.8) is 0 Å². The Balaban J connectivity index is 2.26. The maximum absolute atomic E-state index is 9.40. The summed E-state index contributed by atoms with van der Waals surface area (Å²) in [6.45, 7) is 0.413. The molecule has 2 unspecified atom stereocenters. The van der Waals surface area contributed by atoms with Gasteiger partial charge in [0, 0.05) is 6.61 Å². The highest BCUT2D eigenvalue weighted by atomic mass is 16.5. The third-order valence-electron chi connectivity index (χ3n) is 2.71. The molecule has 7 heteroatoms. The Morgan fingerprint density at radius 3 is 3.06 bits per heavy atom. The van der Waals surface area contributed by atoms with Crippen LogP contribution < -0.4 is 0 Å². The molecule has 2 atom stereocenters. The van der Waals surface area contributed by atoms with Crippen LogP contribution in [0.5, 0.6) is 0 Å². The van der Waals surface area contributed by atoms with Crippen LogP contribution in [0.15, 0.2) is 0 Å². The molecule has 0 aliphatic carbocycles. The fourth-order valence-corrected chi connectivity index (χ4v) is 1.90. The molecular formula is C10H14N4O3. The summed E-state index contributed by atoms with van der Waals surface area (Å²) in [5, 5.41) is 34.7. The lowest BCUT2D eigenvalue weighted by Gasteiger charge is -2.13. The number of hydrogen-bond acceptors (Lipinski definition) is 6. The van der Waals surface area contributed by atoms with E-state index in [-0.39, 0.29) is 24.9 Å². The van der Waals surface area contributed by atoms with Crippen molar-refractivity contribution in [2.24, 2.45) is 0 Å². The van der Waals surface area contributed by atoms with Crippen LogP contribution in [0.4, 0.5) is 0 Å². The number of aliphatic hydroxyl groups is 2. The van der Waals surface area contributed by atoms with Crippen LogP contribution in [0.25, 0.3) is 0 Å². The lowest BCUT2D eigenvalue weighted by Crippen LogP contribution is -2.23. The van der Waals surface area contributed by atoms with E-state index in [1.165, 1.54) is 4.68 Å². The molecule has 2 rings (SSSR count). The van der Waals surface area contributed by atoms with Gasteiger partial charge in [0.1, 0.15) is 17.9 Å². The first kappa shape index (κ1) is 12.0. The summed E-state index contributed by atoms with van der Waals surface area (Å²) in [5.74, 6) is 0. The second-order valence-corrected chi connectivity index (χ2v) is 3.96. The molecule has 0 radical (unpaired) electrons. The van der Waals surface area contributed by atoms with Gasteiger partial charge in [0.05, 0.1) is 19.3 Å². The van der Waals surface area contributed by atoms with E-state index in [0.717, 1.165) is 12.8 Å². The summed E-state index contributed by atoms with van der Waals surface area (Å²) < 4.78 is 6.94. The van der Waals surface area contributed by atoms with Crippen molar-refractivity contribution in [1.82, 2.24) is 15.0 Å². The first-order chi connectivity index (χ1) is 8.26. The molecule has 2 heterocycles. The minimum absolute atomic E-state index is 0.111. The van der Waals surface area contributed by atoms with Crippen molar-refractivity contribution < 1.29 is 14.9 Å². The molecule has 0 saturated carbocycles. The molecule has 0 amide bonds. The highest BCUT2D eigenvalue weighted by molar-refractivity contribution is 5.27. The maximum atomic E-state index is 9.40. The van der Waals surface area contributed by atoms with Gasteiger partial charge in [-0.1, -0.05) is 5.21 Å². The molecule has 17 heavy (non-hydrogen) atoms. The number of nitriles is 1. The van der Waals surface area contributed by atoms with Gasteiger partial charge in [-0.25, -0.2) is 4.68 Å². The molecule has 0 aromatic carbocycles. The summed E-state index contributed by atoms with van der Waals surface area (Å²) in [4.78, 5) is 0. The fraction of sp³-hybridized carbons (Fsp3) is 0.700. The Labute approximate surface area is 98.2 Å². The van der Waals surface area contributed by atoms with Crippen LogP contribution in [0.3, 0.4) is 0 Å². The average molecular weight is 238 g/mol. The molecule has 0 bridgehead atoms. The predicted octanol–water partition coefficient (Wildman–Crippen LogP) is -0.646. The Morgan fingerprint density at radius 1 is 1.65 bits per heavy atom. The zero-order chi connectivity index (χ0) is 12.3. The molecule has 7 nitrogen and oxygen atoms in total. The third-order valence-corrected chi connectivity index (χ3v) is 2.71. The zero-order valence-corrected chi connectivity index (χ0v) is 9.28. The lowest BCUT2D eigenvalue weighted by molar-refractivity contribution is 0.0689. The van der Waals surface area contributed by atoms with Gasteiger partial charge in [0.15, 0.2) is 5.69 Å². The summed E-state index contributed by atoms with van der Waals surface area (Å²) in [5.41, 5.74) is 0.819. The number of nitrogens with zero attached hydrogens (tertiary/aromatic N) is 4. The van der Waals surface area contributed by atoms with E-state index >= 15 is 0 Å². The van der Waals surface area contributed by atoms with E-state index in [4.69, 9.17) is 15.1 Å². The number of rotatable bonds is 4. The zero-order valence-electron chi connectivity index (χ0n) is 9.28. The Kier molecular flexibility index (Phi) is 3.68. The SMILES string of the molecule is N#Cc1nnn(CC(O)CO)c1C1CCCO1. The van der Waals surface area contributed by atoms with E-state index in [2.05, 4.69) is 10.3 Å². The summed E-state index contributed by atoms with van der Waals surface area (Å²) >= 11 is 0. The Bertz CT molecular complexity index is 420. The highest BCUT2D eigenvalue weighted by Gasteiger charge is 2.27. The quantitative estimate of drug-likeness (QED) is 0.722.